The number of Topliss-reactive ketones (excluding diaryl/α,β-unsaturated/α-hetero) is 2. The number of rotatable bonds is 6. The van der Waals surface area contributed by atoms with Gasteiger partial charge in [-0.3, -0.25) is 9.59 Å². The maximum absolute atomic E-state index is 13.6. The van der Waals surface area contributed by atoms with Gasteiger partial charge in [-0.25, -0.2) is 4.39 Å². The van der Waals surface area contributed by atoms with Gasteiger partial charge in [-0.1, -0.05) is 12.1 Å². The topological polar surface area (TPSA) is 64.6 Å². The first-order valence-electron chi connectivity index (χ1n) is 12.1. The van der Waals surface area contributed by atoms with E-state index in [1.54, 1.807) is 6.07 Å². The molecule has 5 rings (SSSR count). The van der Waals surface area contributed by atoms with Crippen molar-refractivity contribution in [3.05, 3.63) is 79.5 Å². The van der Waals surface area contributed by atoms with Crippen LogP contribution in [0.25, 0.3) is 0 Å². The average Bonchev–Trinajstić information content (AvgIpc) is 2.83. The summed E-state index contributed by atoms with van der Waals surface area (Å²) in [5.41, 5.74) is 4.94. The van der Waals surface area contributed by atoms with E-state index in [4.69, 9.17) is 9.47 Å². The van der Waals surface area contributed by atoms with Crippen LogP contribution in [0.1, 0.15) is 62.5 Å². The van der Waals surface area contributed by atoms with Crippen LogP contribution in [0.4, 0.5) is 4.39 Å². The zero-order valence-corrected chi connectivity index (χ0v) is 21.7. The van der Waals surface area contributed by atoms with E-state index in [-0.39, 0.29) is 24.0 Å². The lowest BCUT2D eigenvalue weighted by molar-refractivity contribution is -0.117. The molecule has 0 fully saturated rings. The summed E-state index contributed by atoms with van der Waals surface area (Å²) in [5.74, 6) is 0.630. The van der Waals surface area contributed by atoms with Crippen LogP contribution in [0.2, 0.25) is 0 Å². The van der Waals surface area contributed by atoms with Crippen molar-refractivity contribution in [2.45, 2.75) is 58.0 Å². The molecule has 0 saturated carbocycles. The number of dihydropyridines is 1. The Morgan fingerprint density at radius 3 is 2.29 bits per heavy atom. The summed E-state index contributed by atoms with van der Waals surface area (Å²) in [6.45, 7) is 2.53. The number of hydrogen-bond donors (Lipinski definition) is 1. The maximum atomic E-state index is 13.6. The Bertz CT molecular complexity index is 1220. The summed E-state index contributed by atoms with van der Waals surface area (Å²) in [6.07, 6.45) is 4.26. The zero-order valence-electron chi connectivity index (χ0n) is 19.6. The minimum Gasteiger partial charge on any atom is -0.490 e. The molecule has 0 atom stereocenters. The van der Waals surface area contributed by atoms with Gasteiger partial charge >= 0.3 is 0 Å². The van der Waals surface area contributed by atoms with E-state index >= 15 is 0 Å². The van der Waals surface area contributed by atoms with Crippen LogP contribution in [0, 0.1) is 9.39 Å². The lowest BCUT2D eigenvalue weighted by Gasteiger charge is -2.37. The highest BCUT2D eigenvalue weighted by Crippen LogP contribution is 2.47. The second-order valence-corrected chi connectivity index (χ2v) is 10.2. The van der Waals surface area contributed by atoms with Crippen molar-refractivity contribution in [2.24, 2.45) is 0 Å². The van der Waals surface area contributed by atoms with Gasteiger partial charge < -0.3 is 14.8 Å². The van der Waals surface area contributed by atoms with Crippen molar-refractivity contribution in [1.29, 1.82) is 0 Å². The highest BCUT2D eigenvalue weighted by Gasteiger charge is 2.40. The van der Waals surface area contributed by atoms with Crippen molar-refractivity contribution >= 4 is 34.2 Å². The molecule has 1 aliphatic heterocycles. The lowest BCUT2D eigenvalue weighted by atomic mass is 9.71. The summed E-state index contributed by atoms with van der Waals surface area (Å²) < 4.78 is 26.5. The fourth-order valence-electron chi connectivity index (χ4n) is 5.26. The Labute approximate surface area is 217 Å². The number of ether oxygens (including phenoxy) is 2. The van der Waals surface area contributed by atoms with Crippen LogP contribution in [-0.2, 0) is 16.2 Å². The highest BCUT2D eigenvalue weighted by molar-refractivity contribution is 14.1. The van der Waals surface area contributed by atoms with Crippen LogP contribution in [0.15, 0.2) is 58.9 Å². The SMILES string of the molecule is CCOc1cc(C2C3=C(CCCC3=O)NC3=C2C(=O)CCC3)cc(I)c1OCc1cccc(F)c1. The minimum atomic E-state index is -0.396. The number of allylic oxidation sites excluding steroid dienone is 4. The quantitative estimate of drug-likeness (QED) is 0.414. The monoisotopic (exact) mass is 587 g/mol. The molecule has 2 aliphatic carbocycles. The van der Waals surface area contributed by atoms with E-state index in [0.29, 0.717) is 30.9 Å². The summed E-state index contributed by atoms with van der Waals surface area (Å²) in [4.78, 5) is 26.2. The molecule has 0 bridgehead atoms. The third-order valence-electron chi connectivity index (χ3n) is 6.73. The van der Waals surface area contributed by atoms with E-state index in [1.165, 1.54) is 12.1 Å². The molecule has 1 heterocycles. The Kier molecular flexibility index (Phi) is 6.95. The fraction of sp³-hybridized carbons (Fsp3) is 0.357. The first kappa shape index (κ1) is 24.0. The number of nitrogens with one attached hydrogen (secondary N) is 1. The number of carbonyl (C=O) groups is 2. The number of benzene rings is 2. The molecule has 0 spiro atoms. The molecular weight excluding hydrogens is 560 g/mol. The first-order chi connectivity index (χ1) is 17.0. The smallest absolute Gasteiger partial charge is 0.174 e. The normalized spacial score (nSPS) is 18.3. The number of halogens is 2. The van der Waals surface area contributed by atoms with Gasteiger partial charge in [0.15, 0.2) is 23.1 Å². The standard InChI is InChI=1S/C28H27FINO4/c1-2-34-24-14-17(13-19(30)28(24)35-15-16-6-3-7-18(29)12-16)25-26-20(8-4-10-22(26)32)31-21-9-5-11-23(33)27(21)25/h3,6-7,12-14,25,31H,2,4-5,8-11,15H2,1H3. The van der Waals surface area contributed by atoms with Crippen LogP contribution in [0.3, 0.4) is 0 Å². The van der Waals surface area contributed by atoms with Crippen molar-refractivity contribution in [3.63, 3.8) is 0 Å². The third kappa shape index (κ3) is 4.75. The van der Waals surface area contributed by atoms with Crippen molar-refractivity contribution in [3.8, 4) is 11.5 Å². The molecule has 182 valence electrons. The van der Waals surface area contributed by atoms with Gasteiger partial charge in [0, 0.05) is 41.3 Å². The van der Waals surface area contributed by atoms with E-state index < -0.39 is 5.92 Å². The van der Waals surface area contributed by atoms with Gasteiger partial charge in [0.25, 0.3) is 0 Å². The molecule has 5 nitrogen and oxygen atoms in total. The molecule has 0 unspecified atom stereocenters. The predicted octanol–water partition coefficient (Wildman–Crippen LogP) is 6.11. The highest BCUT2D eigenvalue weighted by atomic mass is 127. The molecule has 0 radical (unpaired) electrons. The van der Waals surface area contributed by atoms with Gasteiger partial charge in [0.2, 0.25) is 0 Å². The molecule has 2 aromatic rings. The zero-order chi connectivity index (χ0) is 24.5. The summed E-state index contributed by atoms with van der Waals surface area (Å²) >= 11 is 2.21. The Morgan fingerprint density at radius 1 is 0.971 bits per heavy atom. The molecule has 7 heteroatoms. The molecule has 35 heavy (non-hydrogen) atoms. The second-order valence-electron chi connectivity index (χ2n) is 9.08. The number of hydrogen-bond acceptors (Lipinski definition) is 5. The van der Waals surface area contributed by atoms with Crippen LogP contribution in [-0.4, -0.2) is 18.2 Å². The van der Waals surface area contributed by atoms with Gasteiger partial charge in [-0.05, 0) is 90.6 Å². The van der Waals surface area contributed by atoms with Gasteiger partial charge in [-0.15, -0.1) is 0 Å². The van der Waals surface area contributed by atoms with Gasteiger partial charge in [0.1, 0.15) is 12.4 Å². The van der Waals surface area contributed by atoms with Crippen molar-refractivity contribution in [1.82, 2.24) is 5.32 Å². The van der Waals surface area contributed by atoms with Crippen LogP contribution >= 0.6 is 22.6 Å². The summed E-state index contributed by atoms with van der Waals surface area (Å²) in [5, 5.41) is 3.46. The molecule has 0 saturated heterocycles. The molecule has 3 aliphatic rings. The van der Waals surface area contributed by atoms with Crippen molar-refractivity contribution < 1.29 is 23.5 Å². The Hall–Kier alpha value is -2.68. The minimum absolute atomic E-state index is 0.105. The summed E-state index contributed by atoms with van der Waals surface area (Å²) in [7, 11) is 0. The van der Waals surface area contributed by atoms with E-state index in [1.807, 2.05) is 25.1 Å². The Morgan fingerprint density at radius 2 is 1.66 bits per heavy atom. The third-order valence-corrected chi connectivity index (χ3v) is 7.53. The van der Waals surface area contributed by atoms with Crippen molar-refractivity contribution in [2.75, 3.05) is 6.61 Å². The van der Waals surface area contributed by atoms with E-state index in [9.17, 15) is 14.0 Å². The van der Waals surface area contributed by atoms with Crippen LogP contribution < -0.4 is 14.8 Å². The number of carbonyl (C=O) groups excluding carboxylic acids is 2. The van der Waals surface area contributed by atoms with Gasteiger partial charge in [-0.2, -0.15) is 0 Å². The first-order valence-corrected chi connectivity index (χ1v) is 13.2. The molecule has 0 amide bonds. The largest absolute Gasteiger partial charge is 0.490 e. The van der Waals surface area contributed by atoms with Crippen LogP contribution in [0.5, 0.6) is 11.5 Å². The van der Waals surface area contributed by atoms with E-state index in [2.05, 4.69) is 27.9 Å². The molecule has 0 aromatic heterocycles. The second kappa shape index (κ2) is 10.1. The average molecular weight is 587 g/mol. The predicted molar refractivity (Wildman–Crippen MR) is 139 cm³/mol. The molecular formula is C28H27FINO4. The summed E-state index contributed by atoms with van der Waals surface area (Å²) in [6, 6.07) is 10.2. The lowest BCUT2D eigenvalue weighted by Crippen LogP contribution is -2.36. The van der Waals surface area contributed by atoms with Gasteiger partial charge in [0.05, 0.1) is 10.2 Å². The molecule has 2 aromatic carbocycles. The maximum Gasteiger partial charge on any atom is 0.174 e. The van der Waals surface area contributed by atoms with E-state index in [0.717, 1.165) is 62.9 Å². The Balaban J connectivity index is 1.57. The number of ketones is 2. The fourth-order valence-corrected chi connectivity index (χ4v) is 6.04. The molecule has 1 N–H and O–H groups in total.